The van der Waals surface area contributed by atoms with Gasteiger partial charge >= 0.3 is 0 Å². The molecule has 1 heterocycles. The summed E-state index contributed by atoms with van der Waals surface area (Å²) in [6, 6.07) is 7.29. The molecule has 100 valence electrons. The van der Waals surface area contributed by atoms with Crippen LogP contribution in [0.15, 0.2) is 22.7 Å². The van der Waals surface area contributed by atoms with E-state index < -0.39 is 0 Å². The molecule has 18 heavy (non-hydrogen) atoms. The quantitative estimate of drug-likeness (QED) is 0.911. The van der Waals surface area contributed by atoms with Crippen molar-refractivity contribution in [3.05, 3.63) is 28.2 Å². The van der Waals surface area contributed by atoms with Crippen molar-refractivity contribution < 1.29 is 0 Å². The summed E-state index contributed by atoms with van der Waals surface area (Å²) in [7, 11) is 0. The third kappa shape index (κ3) is 2.72. The van der Waals surface area contributed by atoms with Gasteiger partial charge in [0.1, 0.15) is 0 Å². The monoisotopic (exact) mass is 310 g/mol. The molecular weight excluding hydrogens is 288 g/mol. The average molecular weight is 311 g/mol. The van der Waals surface area contributed by atoms with Gasteiger partial charge < -0.3 is 10.6 Å². The van der Waals surface area contributed by atoms with Crippen LogP contribution in [0.4, 0.5) is 5.69 Å². The van der Waals surface area contributed by atoms with Crippen molar-refractivity contribution in [3.8, 4) is 0 Å². The molecule has 0 spiro atoms. The number of halogens is 1. The summed E-state index contributed by atoms with van der Waals surface area (Å²) in [5.74, 6) is 0.701. The molecule has 2 atom stereocenters. The maximum Gasteiger partial charge on any atom is 0.0513 e. The Morgan fingerprint density at radius 3 is 2.61 bits per heavy atom. The zero-order valence-electron chi connectivity index (χ0n) is 11.5. The summed E-state index contributed by atoms with van der Waals surface area (Å²) in [6.07, 6.45) is 2.60. The van der Waals surface area contributed by atoms with Gasteiger partial charge in [0.05, 0.1) is 5.69 Å². The first-order valence-corrected chi connectivity index (χ1v) is 7.61. The molecule has 1 aromatic rings. The smallest absolute Gasteiger partial charge is 0.0513 e. The van der Waals surface area contributed by atoms with Crippen LogP contribution in [-0.4, -0.2) is 12.6 Å². The number of hydrogen-bond acceptors (Lipinski definition) is 2. The van der Waals surface area contributed by atoms with Crippen LogP contribution in [0.25, 0.3) is 0 Å². The lowest BCUT2D eigenvalue weighted by Crippen LogP contribution is -2.33. The molecule has 0 saturated carbocycles. The van der Waals surface area contributed by atoms with E-state index in [1.807, 2.05) is 6.92 Å². The van der Waals surface area contributed by atoms with Gasteiger partial charge in [0.2, 0.25) is 0 Å². The molecule has 3 heteroatoms. The van der Waals surface area contributed by atoms with Gasteiger partial charge in [-0.05, 0) is 59.3 Å². The van der Waals surface area contributed by atoms with Crippen LogP contribution in [0.3, 0.4) is 0 Å². The van der Waals surface area contributed by atoms with Gasteiger partial charge in [-0.3, -0.25) is 0 Å². The van der Waals surface area contributed by atoms with Gasteiger partial charge in [0.25, 0.3) is 0 Å². The largest absolute Gasteiger partial charge is 0.367 e. The van der Waals surface area contributed by atoms with Crippen molar-refractivity contribution >= 4 is 21.6 Å². The molecular formula is C15H23BrN2. The second-order valence-corrected chi connectivity index (χ2v) is 6.50. The topological polar surface area (TPSA) is 29.3 Å². The van der Waals surface area contributed by atoms with E-state index in [9.17, 15) is 0 Å². The van der Waals surface area contributed by atoms with E-state index in [2.05, 4.69) is 52.9 Å². The molecule has 1 aliphatic heterocycles. The first kappa shape index (κ1) is 13.9. The minimum absolute atomic E-state index is 0.0924. The third-order valence-electron chi connectivity index (χ3n) is 3.88. The summed E-state index contributed by atoms with van der Waals surface area (Å²) in [5.41, 5.74) is 8.43. The first-order chi connectivity index (χ1) is 8.50. The van der Waals surface area contributed by atoms with Crippen molar-refractivity contribution in [1.29, 1.82) is 0 Å². The van der Waals surface area contributed by atoms with Crippen molar-refractivity contribution in [2.75, 3.05) is 11.4 Å². The normalized spacial score (nSPS) is 21.7. The standard InChI is InChI=1S/C15H23BrN2/c1-10(2)14-5-4-8-18(14)15-7-6-12(11(3)17)9-13(15)16/h6-7,9-11,14H,4-5,8,17H2,1-3H3/t11-,14?/m1/s1. The van der Waals surface area contributed by atoms with Crippen LogP contribution in [0.2, 0.25) is 0 Å². The van der Waals surface area contributed by atoms with E-state index in [0.29, 0.717) is 12.0 Å². The van der Waals surface area contributed by atoms with Gasteiger partial charge in [-0.2, -0.15) is 0 Å². The second kappa shape index (κ2) is 5.62. The van der Waals surface area contributed by atoms with Crippen molar-refractivity contribution in [2.45, 2.75) is 45.7 Å². The molecule has 2 nitrogen and oxygen atoms in total. The Balaban J connectivity index is 2.28. The molecule has 0 amide bonds. The van der Waals surface area contributed by atoms with Gasteiger partial charge in [0.15, 0.2) is 0 Å². The van der Waals surface area contributed by atoms with E-state index in [1.165, 1.54) is 35.1 Å². The minimum atomic E-state index is 0.0924. The van der Waals surface area contributed by atoms with E-state index >= 15 is 0 Å². The molecule has 2 rings (SSSR count). The zero-order chi connectivity index (χ0) is 13.3. The number of rotatable bonds is 3. The highest BCUT2D eigenvalue weighted by atomic mass is 79.9. The Hall–Kier alpha value is -0.540. The van der Waals surface area contributed by atoms with Gasteiger partial charge in [0, 0.05) is 23.1 Å². The van der Waals surface area contributed by atoms with Crippen molar-refractivity contribution in [3.63, 3.8) is 0 Å². The van der Waals surface area contributed by atoms with E-state index in [1.54, 1.807) is 0 Å². The summed E-state index contributed by atoms with van der Waals surface area (Å²) >= 11 is 3.70. The van der Waals surface area contributed by atoms with Crippen LogP contribution in [0.1, 0.15) is 45.2 Å². The molecule has 0 aliphatic carbocycles. The molecule has 2 N–H and O–H groups in total. The SMILES string of the molecule is CC(C)C1CCCN1c1ccc([C@@H](C)N)cc1Br. The Morgan fingerprint density at radius 2 is 2.06 bits per heavy atom. The Bertz CT molecular complexity index is 415. The lowest BCUT2D eigenvalue weighted by Gasteiger charge is -2.31. The Morgan fingerprint density at radius 1 is 1.33 bits per heavy atom. The first-order valence-electron chi connectivity index (χ1n) is 6.82. The predicted octanol–water partition coefficient (Wildman–Crippen LogP) is 4.09. The highest BCUT2D eigenvalue weighted by Gasteiger charge is 2.28. The number of nitrogens with zero attached hydrogens (tertiary/aromatic N) is 1. The fraction of sp³-hybridized carbons (Fsp3) is 0.600. The van der Waals surface area contributed by atoms with E-state index in [-0.39, 0.29) is 6.04 Å². The molecule has 1 aliphatic rings. The summed E-state index contributed by atoms with van der Waals surface area (Å²) in [4.78, 5) is 2.54. The summed E-state index contributed by atoms with van der Waals surface area (Å²) in [5, 5.41) is 0. The summed E-state index contributed by atoms with van der Waals surface area (Å²) < 4.78 is 1.17. The van der Waals surface area contributed by atoms with Crippen LogP contribution in [0.5, 0.6) is 0 Å². The predicted molar refractivity (Wildman–Crippen MR) is 82.0 cm³/mol. The lowest BCUT2D eigenvalue weighted by molar-refractivity contribution is 0.491. The molecule has 1 unspecified atom stereocenters. The van der Waals surface area contributed by atoms with E-state index in [4.69, 9.17) is 5.73 Å². The maximum absolute atomic E-state index is 5.93. The average Bonchev–Trinajstić information content (AvgIpc) is 2.77. The highest BCUT2D eigenvalue weighted by molar-refractivity contribution is 9.10. The van der Waals surface area contributed by atoms with Gasteiger partial charge in [-0.1, -0.05) is 19.9 Å². The van der Waals surface area contributed by atoms with Gasteiger partial charge in [-0.25, -0.2) is 0 Å². The zero-order valence-corrected chi connectivity index (χ0v) is 13.1. The third-order valence-corrected chi connectivity index (χ3v) is 4.51. The number of benzene rings is 1. The molecule has 0 aromatic heterocycles. The number of hydrogen-bond donors (Lipinski definition) is 1. The Labute approximate surface area is 119 Å². The van der Waals surface area contributed by atoms with Crippen LogP contribution < -0.4 is 10.6 Å². The molecule has 1 fully saturated rings. The second-order valence-electron chi connectivity index (χ2n) is 5.65. The van der Waals surface area contributed by atoms with Crippen LogP contribution >= 0.6 is 15.9 Å². The molecule has 0 radical (unpaired) electrons. The maximum atomic E-state index is 5.93. The van der Waals surface area contributed by atoms with Crippen molar-refractivity contribution in [2.24, 2.45) is 11.7 Å². The summed E-state index contributed by atoms with van der Waals surface area (Å²) in [6.45, 7) is 7.81. The molecule has 1 aromatic carbocycles. The van der Waals surface area contributed by atoms with E-state index in [0.717, 1.165) is 0 Å². The Kier molecular flexibility index (Phi) is 4.33. The van der Waals surface area contributed by atoms with Crippen LogP contribution in [-0.2, 0) is 0 Å². The molecule has 1 saturated heterocycles. The van der Waals surface area contributed by atoms with Crippen LogP contribution in [0, 0.1) is 5.92 Å². The highest BCUT2D eigenvalue weighted by Crippen LogP contribution is 2.35. The number of anilines is 1. The van der Waals surface area contributed by atoms with Gasteiger partial charge in [-0.15, -0.1) is 0 Å². The fourth-order valence-electron chi connectivity index (χ4n) is 2.82. The minimum Gasteiger partial charge on any atom is -0.367 e. The fourth-order valence-corrected chi connectivity index (χ4v) is 3.45. The molecule has 0 bridgehead atoms. The lowest BCUT2D eigenvalue weighted by atomic mass is 10.0. The number of nitrogens with two attached hydrogens (primary N) is 1. The van der Waals surface area contributed by atoms with Crippen molar-refractivity contribution in [1.82, 2.24) is 0 Å².